The summed E-state index contributed by atoms with van der Waals surface area (Å²) < 4.78 is 5.07. The van der Waals surface area contributed by atoms with Crippen LogP contribution in [0, 0.1) is 0 Å². The normalized spacial score (nSPS) is 11.7. The van der Waals surface area contributed by atoms with Crippen molar-refractivity contribution in [1.29, 1.82) is 0 Å². The lowest BCUT2D eigenvalue weighted by atomic mass is 10.1. The van der Waals surface area contributed by atoms with Crippen molar-refractivity contribution in [1.82, 2.24) is 10.3 Å². The van der Waals surface area contributed by atoms with E-state index >= 15 is 0 Å². The molecule has 1 unspecified atom stereocenters. The van der Waals surface area contributed by atoms with Crippen molar-refractivity contribution in [3.8, 4) is 5.75 Å². The molecule has 0 aliphatic heterocycles. The van der Waals surface area contributed by atoms with Gasteiger partial charge in [0.2, 0.25) is 5.91 Å². The first kappa shape index (κ1) is 13.2. The Labute approximate surface area is 100 Å². The molecular weight excluding hydrogens is 220 g/mol. The van der Waals surface area contributed by atoms with Crippen LogP contribution in [0.2, 0.25) is 0 Å². The highest BCUT2D eigenvalue weighted by atomic mass is 16.5. The van der Waals surface area contributed by atoms with Crippen LogP contribution < -0.4 is 10.1 Å². The molecule has 1 aromatic rings. The van der Waals surface area contributed by atoms with Gasteiger partial charge in [0.15, 0.2) is 5.78 Å². The zero-order valence-corrected chi connectivity index (χ0v) is 10.2. The highest BCUT2D eigenvalue weighted by Gasteiger charge is 2.20. The lowest BCUT2D eigenvalue weighted by Gasteiger charge is -2.13. The summed E-state index contributed by atoms with van der Waals surface area (Å²) in [6.07, 6.45) is 3.34. The molecule has 0 radical (unpaired) electrons. The minimum atomic E-state index is -0.583. The quantitative estimate of drug-likeness (QED) is 0.780. The van der Waals surface area contributed by atoms with Crippen LogP contribution in [0.4, 0.5) is 0 Å². The highest BCUT2D eigenvalue weighted by Crippen LogP contribution is 2.17. The van der Waals surface area contributed by atoms with Crippen molar-refractivity contribution in [3.63, 3.8) is 0 Å². The Morgan fingerprint density at radius 1 is 1.53 bits per heavy atom. The molecule has 0 aromatic carbocycles. The van der Waals surface area contributed by atoms with E-state index in [2.05, 4.69) is 10.3 Å². The molecular formula is C12H16N2O3. The first-order valence-electron chi connectivity index (χ1n) is 5.41. The number of amides is 1. The number of carbonyl (C=O) groups excluding carboxylic acids is 2. The first-order valence-corrected chi connectivity index (χ1v) is 5.41. The standard InChI is InChI=1S/C12H16N2O3/c1-4-11(15)14-8(2)12(16)9-7-13-6-5-10(9)17-3/h5-8H,4H2,1-3H3,(H,14,15). The monoisotopic (exact) mass is 236 g/mol. The molecule has 0 fully saturated rings. The van der Waals surface area contributed by atoms with Crippen LogP contribution in [0.3, 0.4) is 0 Å². The lowest BCUT2D eigenvalue weighted by Crippen LogP contribution is -2.38. The molecule has 1 N–H and O–H groups in total. The fraction of sp³-hybridized carbons (Fsp3) is 0.417. The molecule has 0 saturated heterocycles. The van der Waals surface area contributed by atoms with Crippen molar-refractivity contribution >= 4 is 11.7 Å². The van der Waals surface area contributed by atoms with E-state index in [0.717, 1.165) is 0 Å². The Balaban J connectivity index is 2.85. The summed E-state index contributed by atoms with van der Waals surface area (Å²) in [7, 11) is 1.49. The van der Waals surface area contributed by atoms with Gasteiger partial charge in [0.05, 0.1) is 18.7 Å². The second kappa shape index (κ2) is 5.98. The van der Waals surface area contributed by atoms with Crippen LogP contribution in [0.1, 0.15) is 30.6 Å². The third kappa shape index (κ3) is 3.27. The molecule has 1 atom stereocenters. The molecule has 5 nitrogen and oxygen atoms in total. The van der Waals surface area contributed by atoms with Gasteiger partial charge in [-0.25, -0.2) is 0 Å². The maximum Gasteiger partial charge on any atom is 0.220 e. The number of hydrogen-bond acceptors (Lipinski definition) is 4. The minimum absolute atomic E-state index is 0.159. The van der Waals surface area contributed by atoms with Gasteiger partial charge in [0, 0.05) is 18.8 Å². The second-order valence-electron chi connectivity index (χ2n) is 3.58. The summed E-state index contributed by atoms with van der Waals surface area (Å²) in [4.78, 5) is 27.1. The summed E-state index contributed by atoms with van der Waals surface area (Å²) >= 11 is 0. The van der Waals surface area contributed by atoms with Gasteiger partial charge in [-0.15, -0.1) is 0 Å². The van der Waals surface area contributed by atoms with E-state index < -0.39 is 6.04 Å². The summed E-state index contributed by atoms with van der Waals surface area (Å²) in [5, 5.41) is 2.61. The Hall–Kier alpha value is -1.91. The Kier molecular flexibility index (Phi) is 4.63. The van der Waals surface area contributed by atoms with E-state index in [1.54, 1.807) is 26.1 Å². The van der Waals surface area contributed by atoms with Gasteiger partial charge in [0.25, 0.3) is 0 Å². The third-order valence-corrected chi connectivity index (χ3v) is 2.36. The lowest BCUT2D eigenvalue weighted by molar-refractivity contribution is -0.121. The van der Waals surface area contributed by atoms with Crippen molar-refractivity contribution in [2.45, 2.75) is 26.3 Å². The average Bonchev–Trinajstić information content (AvgIpc) is 2.37. The number of aromatic nitrogens is 1. The number of carbonyl (C=O) groups is 2. The molecule has 0 aliphatic rings. The summed E-state index contributed by atoms with van der Waals surface area (Å²) in [5.74, 6) is 0.0908. The summed E-state index contributed by atoms with van der Waals surface area (Å²) in [6.45, 7) is 3.37. The third-order valence-electron chi connectivity index (χ3n) is 2.36. The minimum Gasteiger partial charge on any atom is -0.496 e. The van der Waals surface area contributed by atoms with Crippen LogP contribution >= 0.6 is 0 Å². The zero-order chi connectivity index (χ0) is 12.8. The van der Waals surface area contributed by atoms with Crippen molar-refractivity contribution in [2.24, 2.45) is 0 Å². The van der Waals surface area contributed by atoms with Crippen LogP contribution in [0.15, 0.2) is 18.5 Å². The Bertz CT molecular complexity index is 418. The van der Waals surface area contributed by atoms with E-state index in [1.807, 2.05) is 0 Å². The highest BCUT2D eigenvalue weighted by molar-refractivity contribution is 6.03. The number of nitrogens with zero attached hydrogens (tertiary/aromatic N) is 1. The largest absolute Gasteiger partial charge is 0.496 e. The maximum absolute atomic E-state index is 12.0. The van der Waals surface area contributed by atoms with Crippen molar-refractivity contribution in [2.75, 3.05) is 7.11 Å². The smallest absolute Gasteiger partial charge is 0.220 e. The number of Topliss-reactive ketones (excluding diaryl/α,β-unsaturated/α-hetero) is 1. The number of pyridine rings is 1. The molecule has 0 bridgehead atoms. The predicted octanol–water partition coefficient (Wildman–Crippen LogP) is 1.19. The molecule has 0 spiro atoms. The topological polar surface area (TPSA) is 68.3 Å². The molecule has 1 amide bonds. The van der Waals surface area contributed by atoms with E-state index in [4.69, 9.17) is 4.74 Å². The summed E-state index contributed by atoms with van der Waals surface area (Å²) in [5.41, 5.74) is 0.374. The molecule has 1 aromatic heterocycles. The SMILES string of the molecule is CCC(=O)NC(C)C(=O)c1cnccc1OC. The van der Waals surface area contributed by atoms with E-state index in [1.165, 1.54) is 13.3 Å². The molecule has 1 heterocycles. The van der Waals surface area contributed by atoms with Crippen LogP contribution in [-0.4, -0.2) is 29.8 Å². The zero-order valence-electron chi connectivity index (χ0n) is 10.2. The van der Waals surface area contributed by atoms with Crippen LogP contribution in [0.25, 0.3) is 0 Å². The second-order valence-corrected chi connectivity index (χ2v) is 3.58. The van der Waals surface area contributed by atoms with Gasteiger partial charge < -0.3 is 10.1 Å². The van der Waals surface area contributed by atoms with Crippen molar-refractivity contribution in [3.05, 3.63) is 24.0 Å². The molecule has 17 heavy (non-hydrogen) atoms. The average molecular weight is 236 g/mol. The van der Waals surface area contributed by atoms with Gasteiger partial charge in [-0.05, 0) is 13.0 Å². The van der Waals surface area contributed by atoms with Crippen LogP contribution in [0.5, 0.6) is 5.75 Å². The van der Waals surface area contributed by atoms with Gasteiger partial charge in [-0.1, -0.05) is 6.92 Å². The Morgan fingerprint density at radius 2 is 2.24 bits per heavy atom. The molecule has 92 valence electrons. The van der Waals surface area contributed by atoms with Crippen LogP contribution in [-0.2, 0) is 4.79 Å². The predicted molar refractivity (Wildman–Crippen MR) is 63.0 cm³/mol. The molecule has 1 rings (SSSR count). The van der Waals surface area contributed by atoms with Gasteiger partial charge >= 0.3 is 0 Å². The fourth-order valence-electron chi connectivity index (χ4n) is 1.39. The van der Waals surface area contributed by atoms with Gasteiger partial charge in [-0.3, -0.25) is 14.6 Å². The number of nitrogens with one attached hydrogen (secondary N) is 1. The molecule has 0 aliphatic carbocycles. The first-order chi connectivity index (χ1) is 8.10. The number of ketones is 1. The van der Waals surface area contributed by atoms with Gasteiger partial charge in [0.1, 0.15) is 5.75 Å². The number of rotatable bonds is 5. The number of ether oxygens (including phenoxy) is 1. The fourth-order valence-corrected chi connectivity index (χ4v) is 1.39. The molecule has 0 saturated carbocycles. The van der Waals surface area contributed by atoms with E-state index in [0.29, 0.717) is 17.7 Å². The number of methoxy groups -OCH3 is 1. The van der Waals surface area contributed by atoms with E-state index in [-0.39, 0.29) is 11.7 Å². The Morgan fingerprint density at radius 3 is 2.82 bits per heavy atom. The number of hydrogen-bond donors (Lipinski definition) is 1. The van der Waals surface area contributed by atoms with Crippen molar-refractivity contribution < 1.29 is 14.3 Å². The summed E-state index contributed by atoms with van der Waals surface area (Å²) in [6, 6.07) is 1.03. The van der Waals surface area contributed by atoms with Gasteiger partial charge in [-0.2, -0.15) is 0 Å². The molecule has 5 heteroatoms. The van der Waals surface area contributed by atoms with E-state index in [9.17, 15) is 9.59 Å². The maximum atomic E-state index is 12.0.